The first kappa shape index (κ1) is 15.3. The summed E-state index contributed by atoms with van der Waals surface area (Å²) >= 11 is 0. The van der Waals surface area contributed by atoms with Crippen LogP contribution in [0.4, 0.5) is 0 Å². The Balaban J connectivity index is 1.86. The molecule has 2 heterocycles. The zero-order valence-corrected chi connectivity index (χ0v) is 12.3. The number of rotatable bonds is 2. The molecule has 0 aliphatic carbocycles. The number of likely N-dealkylation sites (tertiary alicyclic amines) is 1. The van der Waals surface area contributed by atoms with E-state index in [0.29, 0.717) is 26.2 Å². The van der Waals surface area contributed by atoms with Crippen LogP contribution in [-0.4, -0.2) is 83.5 Å². The van der Waals surface area contributed by atoms with Crippen molar-refractivity contribution in [3.8, 4) is 0 Å². The highest BCUT2D eigenvalue weighted by molar-refractivity contribution is 6.35. The number of aliphatic hydroxyl groups is 1. The van der Waals surface area contributed by atoms with Crippen molar-refractivity contribution in [1.82, 2.24) is 14.7 Å². The lowest BCUT2D eigenvalue weighted by Gasteiger charge is -2.37. The predicted octanol–water partition coefficient (Wildman–Crippen LogP) is -0.476. The lowest BCUT2D eigenvalue weighted by Crippen LogP contribution is -2.55. The predicted molar refractivity (Wildman–Crippen MR) is 75.1 cm³/mol. The van der Waals surface area contributed by atoms with E-state index in [1.807, 2.05) is 6.92 Å². The van der Waals surface area contributed by atoms with Crippen molar-refractivity contribution >= 4 is 11.8 Å². The molecule has 0 bridgehead atoms. The Kier molecular flexibility index (Phi) is 5.37. The molecule has 2 aliphatic rings. The molecular formula is C14H25N3O3. The molecule has 1 N–H and O–H groups in total. The minimum Gasteiger partial charge on any atom is -0.395 e. The van der Waals surface area contributed by atoms with Gasteiger partial charge >= 0.3 is 11.8 Å². The SMILES string of the molecule is CC1CCCCN1C(=O)C(=O)N1CCN(CCO)CC1. The molecule has 0 aromatic carbocycles. The summed E-state index contributed by atoms with van der Waals surface area (Å²) in [5.74, 6) is -0.699. The van der Waals surface area contributed by atoms with Crippen LogP contribution in [0.2, 0.25) is 0 Å². The average Bonchev–Trinajstić information content (AvgIpc) is 2.47. The first-order valence-electron chi connectivity index (χ1n) is 7.56. The smallest absolute Gasteiger partial charge is 0.312 e. The molecule has 2 saturated heterocycles. The third-order valence-corrected chi connectivity index (χ3v) is 4.32. The van der Waals surface area contributed by atoms with Crippen molar-refractivity contribution in [1.29, 1.82) is 0 Å². The summed E-state index contributed by atoms with van der Waals surface area (Å²) in [4.78, 5) is 30.1. The molecule has 1 unspecified atom stereocenters. The lowest BCUT2D eigenvalue weighted by atomic mass is 10.0. The number of hydrogen-bond acceptors (Lipinski definition) is 4. The zero-order chi connectivity index (χ0) is 14.5. The standard InChI is InChI=1S/C14H25N3O3/c1-12-4-2-3-5-17(12)14(20)13(19)16-8-6-15(7-9-16)10-11-18/h12,18H,2-11H2,1H3. The van der Waals surface area contributed by atoms with Crippen LogP contribution < -0.4 is 0 Å². The van der Waals surface area contributed by atoms with E-state index in [-0.39, 0.29) is 24.5 Å². The molecule has 2 fully saturated rings. The number of hydrogen-bond donors (Lipinski definition) is 1. The minimum atomic E-state index is -0.359. The summed E-state index contributed by atoms with van der Waals surface area (Å²) in [7, 11) is 0. The van der Waals surface area contributed by atoms with Crippen LogP contribution in [0.5, 0.6) is 0 Å². The topological polar surface area (TPSA) is 64.1 Å². The molecule has 6 heteroatoms. The summed E-state index contributed by atoms with van der Waals surface area (Å²) in [6.07, 6.45) is 3.12. The third-order valence-electron chi connectivity index (χ3n) is 4.32. The van der Waals surface area contributed by atoms with Crippen molar-refractivity contribution < 1.29 is 14.7 Å². The zero-order valence-electron chi connectivity index (χ0n) is 12.3. The van der Waals surface area contributed by atoms with Crippen molar-refractivity contribution in [3.05, 3.63) is 0 Å². The molecule has 0 spiro atoms. The Morgan fingerprint density at radius 1 is 1.05 bits per heavy atom. The highest BCUT2D eigenvalue weighted by atomic mass is 16.3. The van der Waals surface area contributed by atoms with Gasteiger partial charge in [-0.1, -0.05) is 0 Å². The normalized spacial score (nSPS) is 24.8. The molecule has 2 rings (SSSR count). The third kappa shape index (κ3) is 3.49. The van der Waals surface area contributed by atoms with Crippen LogP contribution in [-0.2, 0) is 9.59 Å². The van der Waals surface area contributed by atoms with Gasteiger partial charge in [0.1, 0.15) is 0 Å². The Morgan fingerprint density at radius 3 is 2.35 bits per heavy atom. The molecule has 2 aliphatic heterocycles. The van der Waals surface area contributed by atoms with Gasteiger partial charge in [0.15, 0.2) is 0 Å². The molecule has 0 saturated carbocycles. The van der Waals surface area contributed by atoms with E-state index in [1.165, 1.54) is 0 Å². The van der Waals surface area contributed by atoms with E-state index in [2.05, 4.69) is 4.90 Å². The Labute approximate surface area is 120 Å². The highest BCUT2D eigenvalue weighted by Gasteiger charge is 2.32. The van der Waals surface area contributed by atoms with Crippen molar-refractivity contribution in [2.24, 2.45) is 0 Å². The first-order valence-corrected chi connectivity index (χ1v) is 7.56. The fourth-order valence-electron chi connectivity index (χ4n) is 2.97. The van der Waals surface area contributed by atoms with Crippen LogP contribution in [0.3, 0.4) is 0 Å². The molecule has 1 atom stereocenters. The van der Waals surface area contributed by atoms with Gasteiger partial charge in [-0.3, -0.25) is 14.5 Å². The molecule has 6 nitrogen and oxygen atoms in total. The van der Waals surface area contributed by atoms with Gasteiger partial charge in [0, 0.05) is 45.3 Å². The van der Waals surface area contributed by atoms with E-state index in [1.54, 1.807) is 9.80 Å². The van der Waals surface area contributed by atoms with E-state index in [0.717, 1.165) is 32.4 Å². The molecule has 0 aromatic heterocycles. The number of carbonyl (C=O) groups excluding carboxylic acids is 2. The summed E-state index contributed by atoms with van der Waals surface area (Å²) in [6.45, 7) is 6.11. The maximum absolute atomic E-state index is 12.3. The minimum absolute atomic E-state index is 0.137. The summed E-state index contributed by atoms with van der Waals surface area (Å²) in [6, 6.07) is 0.177. The second-order valence-corrected chi connectivity index (χ2v) is 5.70. The second kappa shape index (κ2) is 7.04. The Morgan fingerprint density at radius 2 is 1.75 bits per heavy atom. The fraction of sp³-hybridized carbons (Fsp3) is 0.857. The maximum atomic E-state index is 12.3. The molecule has 2 amide bonds. The number of amides is 2. The van der Waals surface area contributed by atoms with E-state index < -0.39 is 0 Å². The van der Waals surface area contributed by atoms with E-state index in [4.69, 9.17) is 5.11 Å². The quantitative estimate of drug-likeness (QED) is 0.696. The second-order valence-electron chi connectivity index (χ2n) is 5.70. The Hall–Kier alpha value is -1.14. The molecule has 20 heavy (non-hydrogen) atoms. The largest absolute Gasteiger partial charge is 0.395 e. The number of β-amino-alcohol motifs (C(OH)–C–C–N with tert-alkyl or cyclic N) is 1. The lowest BCUT2D eigenvalue weighted by molar-refractivity contribution is -0.154. The van der Waals surface area contributed by atoms with Crippen LogP contribution >= 0.6 is 0 Å². The van der Waals surface area contributed by atoms with Gasteiger partial charge in [0.05, 0.1) is 6.61 Å². The number of aliphatic hydroxyl groups excluding tert-OH is 1. The molecular weight excluding hydrogens is 258 g/mol. The summed E-state index contributed by atoms with van der Waals surface area (Å²) in [5, 5.41) is 8.90. The number of carbonyl (C=O) groups is 2. The van der Waals surface area contributed by atoms with Crippen LogP contribution in [0.25, 0.3) is 0 Å². The van der Waals surface area contributed by atoms with Crippen LogP contribution in [0, 0.1) is 0 Å². The molecule has 0 aromatic rings. The van der Waals surface area contributed by atoms with Gasteiger partial charge in [0.2, 0.25) is 0 Å². The number of piperazine rings is 1. The summed E-state index contributed by atoms with van der Waals surface area (Å²) < 4.78 is 0. The molecule has 114 valence electrons. The van der Waals surface area contributed by atoms with Crippen molar-refractivity contribution in [2.45, 2.75) is 32.2 Å². The van der Waals surface area contributed by atoms with Crippen LogP contribution in [0.1, 0.15) is 26.2 Å². The monoisotopic (exact) mass is 283 g/mol. The Bertz CT molecular complexity index is 354. The van der Waals surface area contributed by atoms with Gasteiger partial charge in [-0.15, -0.1) is 0 Å². The molecule has 0 radical (unpaired) electrons. The van der Waals surface area contributed by atoms with Gasteiger partial charge < -0.3 is 14.9 Å². The maximum Gasteiger partial charge on any atom is 0.312 e. The van der Waals surface area contributed by atoms with E-state index in [9.17, 15) is 9.59 Å². The summed E-state index contributed by atoms with van der Waals surface area (Å²) in [5.41, 5.74) is 0. The van der Waals surface area contributed by atoms with Gasteiger partial charge in [-0.2, -0.15) is 0 Å². The van der Waals surface area contributed by atoms with Crippen LogP contribution in [0.15, 0.2) is 0 Å². The number of nitrogens with zero attached hydrogens (tertiary/aromatic N) is 3. The van der Waals surface area contributed by atoms with Gasteiger partial charge in [-0.05, 0) is 26.2 Å². The number of piperidine rings is 1. The fourth-order valence-corrected chi connectivity index (χ4v) is 2.97. The van der Waals surface area contributed by atoms with Gasteiger partial charge in [0.25, 0.3) is 0 Å². The van der Waals surface area contributed by atoms with Crippen molar-refractivity contribution in [2.75, 3.05) is 45.9 Å². The van der Waals surface area contributed by atoms with Gasteiger partial charge in [-0.25, -0.2) is 0 Å². The average molecular weight is 283 g/mol. The van der Waals surface area contributed by atoms with Crippen molar-refractivity contribution in [3.63, 3.8) is 0 Å². The van der Waals surface area contributed by atoms with E-state index >= 15 is 0 Å². The highest BCUT2D eigenvalue weighted by Crippen LogP contribution is 2.17. The first-order chi connectivity index (χ1) is 9.63.